The summed E-state index contributed by atoms with van der Waals surface area (Å²) in [5.74, 6) is 1.58. The third kappa shape index (κ3) is 5.88. The summed E-state index contributed by atoms with van der Waals surface area (Å²) in [5, 5.41) is 8.08. The highest BCUT2D eigenvalue weighted by atomic mass is 32.2. The summed E-state index contributed by atoms with van der Waals surface area (Å²) in [4.78, 5) is 24.9. The highest BCUT2D eigenvalue weighted by molar-refractivity contribution is 7.90. The number of fused-ring (bicyclic) bond motifs is 6. The van der Waals surface area contributed by atoms with Crippen LogP contribution in [0.15, 0.2) is 47.6 Å². The van der Waals surface area contributed by atoms with E-state index in [-0.39, 0.29) is 16.1 Å². The lowest BCUT2D eigenvalue weighted by atomic mass is 9.93. The predicted octanol–water partition coefficient (Wildman–Crippen LogP) is 4.77. The van der Waals surface area contributed by atoms with E-state index >= 15 is 0 Å². The monoisotopic (exact) mass is 623 g/mol. The molecule has 2 N–H and O–H groups in total. The van der Waals surface area contributed by atoms with Crippen LogP contribution in [-0.4, -0.2) is 67.0 Å². The molecule has 5 heterocycles. The standard InChI is InChI=1S/C30H41N7O4SSi/c1-29(2)18-21-8-7-16-31-23-9-6-10-26(32-23)42(39,40)35-28(38)22-11-12-24(33-27(22)36(29)19-21)37-17-13-25(34-37)41-20-43(4,5)30(3)14-15-30/h6,9-13,17,21H,7-8,14-16,18-20H2,1-5H3,(H,31,32)(H,35,38)/t21-/m0/s1. The van der Waals surface area contributed by atoms with Gasteiger partial charge in [-0.25, -0.2) is 19.4 Å². The van der Waals surface area contributed by atoms with Crippen LogP contribution in [-0.2, 0) is 10.0 Å². The lowest BCUT2D eigenvalue weighted by Crippen LogP contribution is -2.41. The molecule has 3 aliphatic rings. The molecule has 13 heteroatoms. The van der Waals surface area contributed by atoms with Crippen molar-refractivity contribution in [2.45, 2.75) is 81.6 Å². The van der Waals surface area contributed by atoms with Gasteiger partial charge in [-0.3, -0.25) is 4.79 Å². The number of amides is 1. The molecule has 1 aliphatic carbocycles. The van der Waals surface area contributed by atoms with Gasteiger partial charge in [-0.15, -0.1) is 5.10 Å². The predicted molar refractivity (Wildman–Crippen MR) is 168 cm³/mol. The van der Waals surface area contributed by atoms with Crippen LogP contribution in [0.5, 0.6) is 5.88 Å². The number of sulfonamides is 1. The van der Waals surface area contributed by atoms with Crippen LogP contribution in [0, 0.1) is 5.92 Å². The van der Waals surface area contributed by atoms with Crippen LogP contribution < -0.4 is 19.7 Å². The Morgan fingerprint density at radius 2 is 1.88 bits per heavy atom. The number of hydrogen-bond acceptors (Lipinski definition) is 9. The summed E-state index contributed by atoms with van der Waals surface area (Å²) in [6.07, 6.45) is 7.84. The number of carbonyl (C=O) groups excluding carboxylic acids is 1. The molecule has 11 nitrogen and oxygen atoms in total. The molecule has 3 aromatic heterocycles. The molecule has 0 radical (unpaired) electrons. The van der Waals surface area contributed by atoms with E-state index in [1.54, 1.807) is 35.1 Å². The van der Waals surface area contributed by atoms with E-state index in [4.69, 9.17) is 9.72 Å². The molecule has 2 aliphatic heterocycles. The summed E-state index contributed by atoms with van der Waals surface area (Å²) in [6, 6.07) is 9.86. The van der Waals surface area contributed by atoms with Gasteiger partial charge in [-0.1, -0.05) is 26.1 Å². The summed E-state index contributed by atoms with van der Waals surface area (Å²) in [6.45, 7) is 12.7. The fourth-order valence-corrected chi connectivity index (χ4v) is 9.48. The zero-order chi connectivity index (χ0) is 30.6. The Kier molecular flexibility index (Phi) is 7.31. The fourth-order valence-electron chi connectivity index (χ4n) is 6.21. The second kappa shape index (κ2) is 10.6. The molecule has 1 saturated carbocycles. The zero-order valence-electron chi connectivity index (χ0n) is 25.6. The molecule has 2 fully saturated rings. The molecule has 0 spiro atoms. The van der Waals surface area contributed by atoms with E-state index in [1.807, 2.05) is 6.07 Å². The van der Waals surface area contributed by atoms with Crippen molar-refractivity contribution in [1.29, 1.82) is 0 Å². The van der Waals surface area contributed by atoms with Crippen LogP contribution >= 0.6 is 0 Å². The maximum absolute atomic E-state index is 13.6. The third-order valence-electron chi connectivity index (χ3n) is 9.66. The quantitative estimate of drug-likeness (QED) is 0.386. The molecule has 4 bridgehead atoms. The first kappa shape index (κ1) is 29.6. The van der Waals surface area contributed by atoms with Gasteiger partial charge in [0, 0.05) is 30.9 Å². The first-order chi connectivity index (χ1) is 20.3. The second-order valence-electron chi connectivity index (χ2n) is 13.7. The van der Waals surface area contributed by atoms with Crippen molar-refractivity contribution in [2.75, 3.05) is 29.5 Å². The molecular formula is C30H41N7O4SSi. The van der Waals surface area contributed by atoms with Crippen LogP contribution in [0.1, 0.15) is 63.2 Å². The van der Waals surface area contributed by atoms with Crippen LogP contribution in [0.2, 0.25) is 18.1 Å². The zero-order valence-corrected chi connectivity index (χ0v) is 27.4. The Hall–Kier alpha value is -3.45. The normalized spacial score (nSPS) is 22.4. The van der Waals surface area contributed by atoms with Gasteiger partial charge >= 0.3 is 0 Å². The van der Waals surface area contributed by atoms with Crippen LogP contribution in [0.4, 0.5) is 11.6 Å². The first-order valence-electron chi connectivity index (χ1n) is 15.0. The molecule has 1 amide bonds. The first-order valence-corrected chi connectivity index (χ1v) is 19.7. The minimum Gasteiger partial charge on any atom is -0.480 e. The molecule has 230 valence electrons. The SMILES string of the molecule is CC1(C)C[C@@H]2CCCNc3cccc(n3)S(=O)(=O)NC(=O)c3ccc(-n4ccc(OC[Si](C)(C)C5(C)CC5)n4)nc3N1C2. The maximum atomic E-state index is 13.6. The second-order valence-corrected chi connectivity index (χ2v) is 20.6. The fraction of sp³-hybridized carbons (Fsp3) is 0.533. The molecule has 43 heavy (non-hydrogen) atoms. The minimum absolute atomic E-state index is 0.180. The number of nitrogens with zero attached hydrogens (tertiary/aromatic N) is 5. The molecular weight excluding hydrogens is 583 g/mol. The number of rotatable bonds is 5. The molecule has 1 saturated heterocycles. The van der Waals surface area contributed by atoms with Crippen molar-refractivity contribution >= 4 is 35.6 Å². The summed E-state index contributed by atoms with van der Waals surface area (Å²) >= 11 is 0. The van der Waals surface area contributed by atoms with E-state index in [9.17, 15) is 13.2 Å². The number of pyridine rings is 2. The Labute approximate surface area is 254 Å². The number of ether oxygens (including phenoxy) is 1. The Balaban J connectivity index is 1.34. The number of anilines is 2. The smallest absolute Gasteiger partial charge is 0.281 e. The largest absolute Gasteiger partial charge is 0.480 e. The lowest BCUT2D eigenvalue weighted by molar-refractivity contribution is 0.0981. The van der Waals surface area contributed by atoms with E-state index < -0.39 is 24.0 Å². The number of nitrogens with one attached hydrogen (secondary N) is 2. The van der Waals surface area contributed by atoms with Crippen molar-refractivity contribution in [3.05, 3.63) is 48.2 Å². The highest BCUT2D eigenvalue weighted by Gasteiger charge is 2.52. The lowest BCUT2D eigenvalue weighted by Gasteiger charge is -2.34. The minimum atomic E-state index is -4.23. The Morgan fingerprint density at radius 3 is 2.65 bits per heavy atom. The van der Waals surface area contributed by atoms with Gasteiger partial charge in [-0.2, -0.15) is 8.42 Å². The van der Waals surface area contributed by atoms with Gasteiger partial charge in [0.25, 0.3) is 15.9 Å². The Bertz CT molecular complexity index is 1650. The molecule has 0 aromatic carbocycles. The van der Waals surface area contributed by atoms with E-state index in [0.717, 1.165) is 19.3 Å². The molecule has 3 aromatic rings. The van der Waals surface area contributed by atoms with Crippen LogP contribution in [0.25, 0.3) is 5.82 Å². The van der Waals surface area contributed by atoms with E-state index in [0.29, 0.717) is 53.6 Å². The molecule has 6 rings (SSSR count). The molecule has 0 unspecified atom stereocenters. The third-order valence-corrected chi connectivity index (χ3v) is 15.5. The maximum Gasteiger partial charge on any atom is 0.281 e. The summed E-state index contributed by atoms with van der Waals surface area (Å²) < 4.78 is 36.5. The average molecular weight is 624 g/mol. The Morgan fingerprint density at radius 1 is 1.09 bits per heavy atom. The molecule has 1 atom stereocenters. The van der Waals surface area contributed by atoms with Gasteiger partial charge in [0.15, 0.2) is 10.8 Å². The van der Waals surface area contributed by atoms with Gasteiger partial charge in [0.1, 0.15) is 11.6 Å². The van der Waals surface area contributed by atoms with Crippen molar-refractivity contribution in [2.24, 2.45) is 5.92 Å². The van der Waals surface area contributed by atoms with Crippen molar-refractivity contribution in [1.82, 2.24) is 24.5 Å². The highest BCUT2D eigenvalue weighted by Crippen LogP contribution is 2.60. The number of aromatic nitrogens is 4. The topological polar surface area (TPSA) is 131 Å². The van der Waals surface area contributed by atoms with E-state index in [1.165, 1.54) is 18.9 Å². The van der Waals surface area contributed by atoms with Gasteiger partial charge in [0.05, 0.1) is 19.9 Å². The summed E-state index contributed by atoms with van der Waals surface area (Å²) in [5.41, 5.74) is -0.118. The van der Waals surface area contributed by atoms with E-state index in [2.05, 4.69) is 58.9 Å². The van der Waals surface area contributed by atoms with Crippen molar-refractivity contribution in [3.63, 3.8) is 0 Å². The number of hydrogen-bond donors (Lipinski definition) is 2. The average Bonchev–Trinajstić information content (AvgIpc) is 3.41. The number of carbonyl (C=O) groups is 1. The van der Waals surface area contributed by atoms with Crippen molar-refractivity contribution < 1.29 is 17.9 Å². The summed E-state index contributed by atoms with van der Waals surface area (Å²) in [7, 11) is -5.79. The van der Waals surface area contributed by atoms with Crippen molar-refractivity contribution in [3.8, 4) is 11.7 Å². The van der Waals surface area contributed by atoms with Gasteiger partial charge < -0.3 is 15.0 Å². The van der Waals surface area contributed by atoms with Crippen LogP contribution in [0.3, 0.4) is 0 Å². The van der Waals surface area contributed by atoms with Gasteiger partial charge in [-0.05, 0) is 81.2 Å². The van der Waals surface area contributed by atoms with Gasteiger partial charge in [0.2, 0.25) is 5.88 Å².